The quantitative estimate of drug-likeness (QED) is 0.415. The Morgan fingerprint density at radius 3 is 0.333 bits per heavy atom. The molecule has 2 nitrogen and oxygen atoms in total. The van der Waals surface area contributed by atoms with E-state index in [1.807, 2.05) is 55.4 Å². The molecule has 0 radical (unpaired) electrons. The van der Waals surface area contributed by atoms with E-state index >= 15 is 0 Å². The van der Waals surface area contributed by atoms with Crippen molar-refractivity contribution in [3.05, 3.63) is 0 Å². The maximum absolute atomic E-state index is 2.00. The molecule has 0 fully saturated rings. The average molecular weight is 200 g/mol. The summed E-state index contributed by atoms with van der Waals surface area (Å²) in [5, 5.41) is 0. The summed E-state index contributed by atoms with van der Waals surface area (Å²) in [5.74, 6) is 0. The molecule has 4 heteroatoms. The molecule has 0 aliphatic heterocycles. The molecule has 0 saturated heterocycles. The summed E-state index contributed by atoms with van der Waals surface area (Å²) in [6.07, 6.45) is 0. The van der Waals surface area contributed by atoms with Gasteiger partial charge in [0.05, 0.1) is 0 Å². The van der Waals surface area contributed by atoms with E-state index in [0.717, 1.165) is 0 Å². The third-order valence-corrected chi connectivity index (χ3v) is 0. The summed E-state index contributed by atoms with van der Waals surface area (Å²) in [7, 11) is 0. The largest absolute Gasteiger partial charge is 1.00 e. The first-order valence-corrected chi connectivity index (χ1v) is 4.00. The molecule has 0 saturated carbocycles. The van der Waals surface area contributed by atoms with Crippen molar-refractivity contribution in [3.8, 4) is 0 Å². The zero-order chi connectivity index (χ0) is 8.00. The van der Waals surface area contributed by atoms with E-state index in [0.29, 0.717) is 0 Å². The molecule has 0 heterocycles. The van der Waals surface area contributed by atoms with Crippen LogP contribution in [0.15, 0.2) is 0 Å². The van der Waals surface area contributed by atoms with E-state index in [2.05, 4.69) is 0 Å². The first-order valence-electron chi connectivity index (χ1n) is 4.00. The third-order valence-electron chi connectivity index (χ3n) is 0. The fraction of sp³-hybridized carbons (Fsp3) is 1.00. The van der Waals surface area contributed by atoms with Gasteiger partial charge in [0.2, 0.25) is 0 Å². The van der Waals surface area contributed by atoms with Gasteiger partial charge in [0, 0.05) is 0 Å². The molecule has 0 rings (SSSR count). The second-order valence-electron chi connectivity index (χ2n) is 0. The fourth-order valence-electron chi connectivity index (χ4n) is 0. The van der Waals surface area contributed by atoms with Crippen LogP contribution in [0.3, 0.4) is 0 Å². The van der Waals surface area contributed by atoms with Crippen molar-refractivity contribution in [1.29, 1.82) is 0 Å². The standard InChI is InChI=1S/4C2H6.2Na.2H2O/c4*1-2;;;;/h4*1-2H3;;;2*1H2/q;;;;2*+1;;/p-2. The SMILES string of the molecule is CC.CC.CC.CC.[Na+].[Na+].[OH-].[OH-]. The molecule has 0 unspecified atom stereocenters. The minimum atomic E-state index is 0. The van der Waals surface area contributed by atoms with Crippen molar-refractivity contribution < 1.29 is 70.1 Å². The van der Waals surface area contributed by atoms with Gasteiger partial charge in [-0.05, 0) is 0 Å². The molecule has 0 amide bonds. The van der Waals surface area contributed by atoms with Crippen LogP contribution in [0.1, 0.15) is 55.4 Å². The third kappa shape index (κ3) is 386. The van der Waals surface area contributed by atoms with Crippen molar-refractivity contribution >= 4 is 0 Å². The Balaban J connectivity index is -0.00000000267. The molecule has 0 atom stereocenters. The smallest absolute Gasteiger partial charge is 0.870 e. The Morgan fingerprint density at radius 1 is 0.333 bits per heavy atom. The topological polar surface area (TPSA) is 60.0 Å². The normalized spacial score (nSPS) is 2.00. The fourth-order valence-corrected chi connectivity index (χ4v) is 0. The van der Waals surface area contributed by atoms with Crippen LogP contribution in [-0.4, -0.2) is 11.0 Å². The number of hydrogen-bond acceptors (Lipinski definition) is 2. The van der Waals surface area contributed by atoms with Crippen LogP contribution in [0.5, 0.6) is 0 Å². The molecule has 12 heavy (non-hydrogen) atoms. The zero-order valence-corrected chi connectivity index (χ0v) is 14.9. The molecule has 0 aromatic carbocycles. The van der Waals surface area contributed by atoms with Crippen LogP contribution in [0, 0.1) is 0 Å². The van der Waals surface area contributed by atoms with Gasteiger partial charge >= 0.3 is 59.1 Å². The summed E-state index contributed by atoms with van der Waals surface area (Å²) < 4.78 is 0. The average Bonchev–Trinajstić information content (AvgIpc) is 2.03. The van der Waals surface area contributed by atoms with Crippen LogP contribution in [-0.2, 0) is 0 Å². The van der Waals surface area contributed by atoms with Gasteiger partial charge in [-0.1, -0.05) is 55.4 Å². The second-order valence-corrected chi connectivity index (χ2v) is 0. The molecule has 0 aromatic heterocycles. The molecule has 0 aliphatic carbocycles. The van der Waals surface area contributed by atoms with E-state index in [1.54, 1.807) is 0 Å². The summed E-state index contributed by atoms with van der Waals surface area (Å²) in [5.41, 5.74) is 0. The van der Waals surface area contributed by atoms with Crippen LogP contribution < -0.4 is 59.1 Å². The molecule has 0 bridgehead atoms. The number of hydrogen-bond donors (Lipinski definition) is 0. The summed E-state index contributed by atoms with van der Waals surface area (Å²) in [6.45, 7) is 16.0. The molecular weight excluding hydrogens is 174 g/mol. The first kappa shape index (κ1) is 66.3. The maximum Gasteiger partial charge on any atom is 1.00 e. The molecular formula is C8H26Na2O2. The molecule has 2 N–H and O–H groups in total. The van der Waals surface area contributed by atoms with Gasteiger partial charge in [0.15, 0.2) is 0 Å². The Kier molecular flexibility index (Phi) is 2750. The Morgan fingerprint density at radius 2 is 0.333 bits per heavy atom. The van der Waals surface area contributed by atoms with E-state index in [9.17, 15) is 0 Å². The van der Waals surface area contributed by atoms with Crippen LogP contribution in [0.4, 0.5) is 0 Å². The summed E-state index contributed by atoms with van der Waals surface area (Å²) >= 11 is 0. The Labute approximate surface area is 124 Å². The molecule has 0 aromatic rings. The minimum absolute atomic E-state index is 0. The van der Waals surface area contributed by atoms with E-state index in [4.69, 9.17) is 0 Å². The molecule has 72 valence electrons. The van der Waals surface area contributed by atoms with Crippen molar-refractivity contribution in [2.24, 2.45) is 0 Å². The predicted molar refractivity (Wildman–Crippen MR) is 49.3 cm³/mol. The van der Waals surface area contributed by atoms with Crippen molar-refractivity contribution in [2.75, 3.05) is 0 Å². The van der Waals surface area contributed by atoms with E-state index < -0.39 is 0 Å². The maximum atomic E-state index is 2.00. The second kappa shape index (κ2) is 498. The first-order chi connectivity index (χ1) is 4.00. The molecule has 0 aliphatic rings. The van der Waals surface area contributed by atoms with Crippen LogP contribution >= 0.6 is 0 Å². The van der Waals surface area contributed by atoms with Gasteiger partial charge in [-0.15, -0.1) is 0 Å². The van der Waals surface area contributed by atoms with Gasteiger partial charge in [-0.2, -0.15) is 0 Å². The summed E-state index contributed by atoms with van der Waals surface area (Å²) in [6, 6.07) is 0. The minimum Gasteiger partial charge on any atom is -0.870 e. The van der Waals surface area contributed by atoms with Crippen LogP contribution in [0.25, 0.3) is 0 Å². The van der Waals surface area contributed by atoms with Crippen molar-refractivity contribution in [2.45, 2.75) is 55.4 Å². The van der Waals surface area contributed by atoms with Gasteiger partial charge < -0.3 is 11.0 Å². The zero-order valence-electron chi connectivity index (χ0n) is 10.9. The Bertz CT molecular complexity index is 15.0. The predicted octanol–water partition coefficient (Wildman–Crippen LogP) is -2.24. The van der Waals surface area contributed by atoms with E-state index in [1.165, 1.54) is 0 Å². The molecule has 0 spiro atoms. The Hall–Kier alpha value is 1.92. The number of rotatable bonds is 0. The van der Waals surface area contributed by atoms with Gasteiger partial charge in [0.1, 0.15) is 0 Å². The monoisotopic (exact) mass is 200 g/mol. The van der Waals surface area contributed by atoms with Gasteiger partial charge in [-0.25, -0.2) is 0 Å². The summed E-state index contributed by atoms with van der Waals surface area (Å²) in [4.78, 5) is 0. The van der Waals surface area contributed by atoms with Crippen molar-refractivity contribution in [1.82, 2.24) is 0 Å². The van der Waals surface area contributed by atoms with Crippen LogP contribution in [0.2, 0.25) is 0 Å². The van der Waals surface area contributed by atoms with Gasteiger partial charge in [0.25, 0.3) is 0 Å². The van der Waals surface area contributed by atoms with Gasteiger partial charge in [-0.3, -0.25) is 0 Å². The van der Waals surface area contributed by atoms with E-state index in [-0.39, 0.29) is 70.1 Å². The van der Waals surface area contributed by atoms with Crippen molar-refractivity contribution in [3.63, 3.8) is 0 Å².